The molecule has 1 aliphatic heterocycles. The molecule has 1 saturated heterocycles. The highest BCUT2D eigenvalue weighted by atomic mass is 35.5. The number of carbonyl (C=O) groups is 2. The molecule has 0 spiro atoms. The molecule has 1 N–H and O–H groups in total. The van der Waals surface area contributed by atoms with Gasteiger partial charge in [0, 0.05) is 28.7 Å². The van der Waals surface area contributed by atoms with Crippen molar-refractivity contribution < 1.29 is 9.59 Å². The van der Waals surface area contributed by atoms with Crippen LogP contribution < -0.4 is 5.43 Å². The van der Waals surface area contributed by atoms with Crippen molar-refractivity contribution in [2.45, 2.75) is 13.8 Å². The summed E-state index contributed by atoms with van der Waals surface area (Å²) in [7, 11) is 0. The predicted octanol–water partition coefficient (Wildman–Crippen LogP) is 4.01. The second-order valence-corrected chi connectivity index (χ2v) is 6.78. The number of hydrogen-bond acceptors (Lipinski definition) is 4. The van der Waals surface area contributed by atoms with Crippen molar-refractivity contribution in [3.8, 4) is 0 Å². The standard InChI is InChI=1S/C19H16ClN3O2/c1-10-11(2)19(25)23(18(10)24)22-16-9-15(20)14-8-7-12-5-3-4-6-13(12)17(14)21-16/h3-11H,1-2H3,(H,21,22). The number of aromatic nitrogens is 1. The van der Waals surface area contributed by atoms with Gasteiger partial charge >= 0.3 is 0 Å². The van der Waals surface area contributed by atoms with Crippen molar-refractivity contribution in [2.24, 2.45) is 11.8 Å². The number of imide groups is 1. The van der Waals surface area contributed by atoms with Crippen LogP contribution in [0.5, 0.6) is 0 Å². The summed E-state index contributed by atoms with van der Waals surface area (Å²) in [5, 5.41) is 4.40. The van der Waals surface area contributed by atoms with Crippen LogP contribution in [-0.2, 0) is 9.59 Å². The van der Waals surface area contributed by atoms with Crippen molar-refractivity contribution >= 4 is 50.9 Å². The summed E-state index contributed by atoms with van der Waals surface area (Å²) in [6.45, 7) is 3.50. The number of carbonyl (C=O) groups excluding carboxylic acids is 2. The van der Waals surface area contributed by atoms with E-state index < -0.39 is 0 Å². The van der Waals surface area contributed by atoms with Gasteiger partial charge in [-0.05, 0) is 5.39 Å². The van der Waals surface area contributed by atoms with Crippen LogP contribution in [0.1, 0.15) is 13.8 Å². The molecule has 126 valence electrons. The van der Waals surface area contributed by atoms with Gasteiger partial charge in [-0.3, -0.25) is 15.0 Å². The number of nitrogens with one attached hydrogen (secondary N) is 1. The van der Waals surface area contributed by atoms with Crippen LogP contribution in [0.15, 0.2) is 42.5 Å². The molecular weight excluding hydrogens is 338 g/mol. The van der Waals surface area contributed by atoms with Gasteiger partial charge in [0.25, 0.3) is 11.8 Å². The van der Waals surface area contributed by atoms with Gasteiger partial charge in [-0.1, -0.05) is 61.8 Å². The monoisotopic (exact) mass is 353 g/mol. The lowest BCUT2D eigenvalue weighted by atomic mass is 10.00. The van der Waals surface area contributed by atoms with Crippen LogP contribution in [0.25, 0.3) is 21.7 Å². The number of benzene rings is 2. The minimum atomic E-state index is -0.350. The maximum atomic E-state index is 12.3. The third-order valence-electron chi connectivity index (χ3n) is 4.85. The van der Waals surface area contributed by atoms with E-state index in [2.05, 4.69) is 10.4 Å². The largest absolute Gasteiger partial charge is 0.272 e. The first-order valence-corrected chi connectivity index (χ1v) is 8.47. The number of anilines is 1. The zero-order chi connectivity index (χ0) is 17.7. The Hall–Kier alpha value is -2.66. The highest BCUT2D eigenvalue weighted by molar-refractivity contribution is 6.36. The smallest absolute Gasteiger partial charge is 0.251 e. The van der Waals surface area contributed by atoms with Crippen molar-refractivity contribution in [3.05, 3.63) is 47.5 Å². The van der Waals surface area contributed by atoms with Gasteiger partial charge in [-0.25, -0.2) is 4.98 Å². The third-order valence-corrected chi connectivity index (χ3v) is 5.16. The lowest BCUT2D eigenvalue weighted by Gasteiger charge is -2.17. The summed E-state index contributed by atoms with van der Waals surface area (Å²) in [6, 6.07) is 13.4. The Bertz CT molecular complexity index is 1010. The summed E-state index contributed by atoms with van der Waals surface area (Å²) >= 11 is 6.41. The lowest BCUT2D eigenvalue weighted by Crippen LogP contribution is -2.36. The van der Waals surface area contributed by atoms with Gasteiger partial charge < -0.3 is 0 Å². The molecule has 0 aliphatic carbocycles. The van der Waals surface area contributed by atoms with Gasteiger partial charge in [0.2, 0.25) is 0 Å². The number of hydrogen-bond donors (Lipinski definition) is 1. The normalized spacial score (nSPS) is 20.7. The van der Waals surface area contributed by atoms with Gasteiger partial charge in [0.15, 0.2) is 0 Å². The Balaban J connectivity index is 1.82. The molecule has 2 amide bonds. The van der Waals surface area contributed by atoms with Crippen LogP contribution in [0, 0.1) is 11.8 Å². The number of pyridine rings is 1. The third kappa shape index (κ3) is 2.43. The minimum absolute atomic E-state index is 0.256. The maximum absolute atomic E-state index is 12.3. The zero-order valence-corrected chi connectivity index (χ0v) is 14.5. The molecule has 5 nitrogen and oxygen atoms in total. The Kier molecular flexibility index (Phi) is 3.62. The molecule has 1 fully saturated rings. The molecule has 2 aromatic carbocycles. The highest BCUT2D eigenvalue weighted by Gasteiger charge is 2.42. The Morgan fingerprint density at radius 1 is 1.00 bits per heavy atom. The fraction of sp³-hybridized carbons (Fsp3) is 0.211. The summed E-state index contributed by atoms with van der Waals surface area (Å²) in [5.41, 5.74) is 3.57. The first-order valence-electron chi connectivity index (χ1n) is 8.10. The fourth-order valence-corrected chi connectivity index (χ4v) is 3.40. The molecule has 25 heavy (non-hydrogen) atoms. The van der Waals surface area contributed by atoms with Crippen LogP contribution in [0.2, 0.25) is 5.02 Å². The molecule has 4 rings (SSSR count). The second kappa shape index (κ2) is 5.70. The number of fused-ring (bicyclic) bond motifs is 3. The average molecular weight is 354 g/mol. The fourth-order valence-electron chi connectivity index (χ4n) is 3.14. The van der Waals surface area contributed by atoms with Gasteiger partial charge in [0.05, 0.1) is 10.5 Å². The summed E-state index contributed by atoms with van der Waals surface area (Å²) in [5.74, 6) is -0.841. The second-order valence-electron chi connectivity index (χ2n) is 6.37. The molecule has 1 aromatic heterocycles. The first kappa shape index (κ1) is 15.8. The van der Waals surface area contributed by atoms with E-state index >= 15 is 0 Å². The number of hydrazine groups is 1. The van der Waals surface area contributed by atoms with Crippen LogP contribution >= 0.6 is 11.6 Å². The summed E-state index contributed by atoms with van der Waals surface area (Å²) in [4.78, 5) is 29.2. The van der Waals surface area contributed by atoms with E-state index in [0.717, 1.165) is 26.7 Å². The van der Waals surface area contributed by atoms with E-state index in [1.165, 1.54) is 0 Å². The Morgan fingerprint density at radius 2 is 1.68 bits per heavy atom. The molecule has 3 aromatic rings. The molecule has 1 aliphatic rings. The molecule has 0 radical (unpaired) electrons. The number of amides is 2. The van der Waals surface area contributed by atoms with E-state index in [1.54, 1.807) is 19.9 Å². The van der Waals surface area contributed by atoms with Crippen molar-refractivity contribution in [1.82, 2.24) is 9.99 Å². The predicted molar refractivity (Wildman–Crippen MR) is 98.1 cm³/mol. The Labute approximate surface area is 149 Å². The molecule has 2 atom stereocenters. The van der Waals surface area contributed by atoms with E-state index in [9.17, 15) is 9.59 Å². The molecule has 6 heteroatoms. The number of nitrogens with zero attached hydrogens (tertiary/aromatic N) is 2. The van der Waals surface area contributed by atoms with Crippen molar-refractivity contribution in [3.63, 3.8) is 0 Å². The summed E-state index contributed by atoms with van der Waals surface area (Å²) in [6.07, 6.45) is 0. The van der Waals surface area contributed by atoms with E-state index in [1.807, 2.05) is 36.4 Å². The summed E-state index contributed by atoms with van der Waals surface area (Å²) < 4.78 is 0. The SMILES string of the molecule is CC1C(=O)N(Nc2cc(Cl)c3ccc4ccccc4c3n2)C(=O)C1C. The van der Waals surface area contributed by atoms with Gasteiger partial charge in [-0.2, -0.15) is 5.01 Å². The topological polar surface area (TPSA) is 62.3 Å². The van der Waals surface area contributed by atoms with Gasteiger partial charge in [-0.15, -0.1) is 0 Å². The van der Waals surface area contributed by atoms with E-state index in [4.69, 9.17) is 11.6 Å². The number of rotatable bonds is 2. The van der Waals surface area contributed by atoms with Crippen LogP contribution in [-0.4, -0.2) is 21.8 Å². The van der Waals surface area contributed by atoms with E-state index in [-0.39, 0.29) is 23.7 Å². The zero-order valence-electron chi connectivity index (χ0n) is 13.8. The first-order chi connectivity index (χ1) is 12.0. The molecule has 0 bridgehead atoms. The van der Waals surface area contributed by atoms with Crippen molar-refractivity contribution in [2.75, 3.05) is 5.43 Å². The lowest BCUT2D eigenvalue weighted by molar-refractivity contribution is -0.138. The molecule has 0 saturated carbocycles. The quantitative estimate of drug-likeness (QED) is 0.558. The van der Waals surface area contributed by atoms with Crippen LogP contribution in [0.3, 0.4) is 0 Å². The van der Waals surface area contributed by atoms with Crippen LogP contribution in [0.4, 0.5) is 5.82 Å². The van der Waals surface area contributed by atoms with Crippen molar-refractivity contribution in [1.29, 1.82) is 0 Å². The number of halogens is 1. The maximum Gasteiger partial charge on any atom is 0.251 e. The minimum Gasteiger partial charge on any atom is -0.272 e. The molecule has 2 unspecified atom stereocenters. The Morgan fingerprint density at radius 3 is 2.40 bits per heavy atom. The molecule has 2 heterocycles. The highest BCUT2D eigenvalue weighted by Crippen LogP contribution is 2.32. The average Bonchev–Trinajstić information content (AvgIpc) is 2.79. The molecular formula is C19H16ClN3O2. The van der Waals surface area contributed by atoms with Gasteiger partial charge in [0.1, 0.15) is 5.82 Å². The van der Waals surface area contributed by atoms with E-state index in [0.29, 0.717) is 10.8 Å².